The first-order chi connectivity index (χ1) is 11.0. The molecule has 0 bridgehead atoms. The van der Waals surface area contributed by atoms with Gasteiger partial charge in [0.05, 0.1) is 6.61 Å². The van der Waals surface area contributed by atoms with Crippen molar-refractivity contribution >= 4 is 12.0 Å². The van der Waals surface area contributed by atoms with Crippen molar-refractivity contribution in [3.8, 4) is 5.69 Å². The van der Waals surface area contributed by atoms with Gasteiger partial charge in [-0.1, -0.05) is 18.2 Å². The van der Waals surface area contributed by atoms with Gasteiger partial charge in [0.2, 0.25) is 5.91 Å². The van der Waals surface area contributed by atoms with Crippen LogP contribution in [0.15, 0.2) is 42.5 Å². The van der Waals surface area contributed by atoms with Gasteiger partial charge in [-0.2, -0.15) is 0 Å². The molecule has 122 valence electrons. The molecule has 0 saturated carbocycles. The van der Waals surface area contributed by atoms with Crippen LogP contribution < -0.4 is 5.32 Å². The molecule has 1 amide bonds. The van der Waals surface area contributed by atoms with Crippen LogP contribution in [0.3, 0.4) is 0 Å². The number of hydrogen-bond acceptors (Lipinski definition) is 2. The zero-order chi connectivity index (χ0) is 16.8. The second-order valence-corrected chi connectivity index (χ2v) is 5.70. The summed E-state index contributed by atoms with van der Waals surface area (Å²) in [5, 5.41) is 2.87. The van der Waals surface area contributed by atoms with E-state index in [2.05, 4.69) is 41.9 Å². The highest BCUT2D eigenvalue weighted by Gasteiger charge is 2.09. The standard InChI is InChI=1S/C19H24N2O2/c1-14(13-23-4)20-19(22)11-10-17-12-15(2)21(16(17)3)18-8-6-5-7-9-18/h5-12,14H,13H2,1-4H3,(H,20,22)/b11-10+. The number of aromatic nitrogens is 1. The molecule has 2 aromatic rings. The molecule has 0 aliphatic rings. The number of nitrogens with zero attached hydrogens (tertiary/aromatic N) is 1. The molecule has 4 nitrogen and oxygen atoms in total. The number of aryl methyl sites for hydroxylation is 1. The van der Waals surface area contributed by atoms with E-state index in [1.165, 1.54) is 0 Å². The summed E-state index contributed by atoms with van der Waals surface area (Å²) < 4.78 is 7.20. The maximum atomic E-state index is 11.9. The summed E-state index contributed by atoms with van der Waals surface area (Å²) in [7, 11) is 1.62. The number of benzene rings is 1. The minimum atomic E-state index is -0.112. The van der Waals surface area contributed by atoms with Crippen molar-refractivity contribution in [2.24, 2.45) is 0 Å². The SMILES string of the molecule is COCC(C)NC(=O)/C=C/c1cc(C)n(-c2ccccc2)c1C. The molecule has 1 atom stereocenters. The molecular formula is C19H24N2O2. The van der Waals surface area contributed by atoms with Crippen LogP contribution in [-0.4, -0.2) is 30.2 Å². The number of ether oxygens (including phenoxy) is 1. The number of methoxy groups -OCH3 is 1. The molecule has 1 aromatic carbocycles. The topological polar surface area (TPSA) is 43.3 Å². The van der Waals surface area contributed by atoms with Crippen LogP contribution in [0.5, 0.6) is 0 Å². The van der Waals surface area contributed by atoms with Gasteiger partial charge in [0, 0.05) is 36.3 Å². The lowest BCUT2D eigenvalue weighted by Crippen LogP contribution is -2.34. The van der Waals surface area contributed by atoms with Crippen LogP contribution in [0.4, 0.5) is 0 Å². The van der Waals surface area contributed by atoms with Crippen molar-refractivity contribution in [3.05, 3.63) is 59.4 Å². The van der Waals surface area contributed by atoms with Crippen molar-refractivity contribution in [2.75, 3.05) is 13.7 Å². The van der Waals surface area contributed by atoms with Crippen LogP contribution in [-0.2, 0) is 9.53 Å². The van der Waals surface area contributed by atoms with E-state index >= 15 is 0 Å². The van der Waals surface area contributed by atoms with Crippen molar-refractivity contribution in [1.29, 1.82) is 0 Å². The van der Waals surface area contributed by atoms with Crippen molar-refractivity contribution in [2.45, 2.75) is 26.8 Å². The molecule has 0 spiro atoms. The Hall–Kier alpha value is -2.33. The summed E-state index contributed by atoms with van der Waals surface area (Å²) in [6, 6.07) is 12.3. The lowest BCUT2D eigenvalue weighted by molar-refractivity contribution is -0.117. The molecule has 1 N–H and O–H groups in total. The van der Waals surface area contributed by atoms with Crippen molar-refractivity contribution in [3.63, 3.8) is 0 Å². The fraction of sp³-hybridized carbons (Fsp3) is 0.316. The highest BCUT2D eigenvalue weighted by atomic mass is 16.5. The molecule has 4 heteroatoms. The van der Waals surface area contributed by atoms with Crippen LogP contribution in [0.2, 0.25) is 0 Å². The summed E-state index contributed by atoms with van der Waals surface area (Å²) in [5.74, 6) is -0.112. The first kappa shape index (κ1) is 17.0. The molecule has 2 rings (SSSR count). The Bertz CT molecular complexity index is 687. The number of amides is 1. The summed E-state index contributed by atoms with van der Waals surface area (Å²) in [6.07, 6.45) is 3.43. The van der Waals surface area contributed by atoms with Gasteiger partial charge in [0.1, 0.15) is 0 Å². The largest absolute Gasteiger partial charge is 0.383 e. The fourth-order valence-corrected chi connectivity index (χ4v) is 2.68. The quantitative estimate of drug-likeness (QED) is 0.832. The Labute approximate surface area is 137 Å². The van der Waals surface area contributed by atoms with E-state index in [-0.39, 0.29) is 11.9 Å². The van der Waals surface area contributed by atoms with E-state index in [1.807, 2.05) is 31.2 Å². The molecule has 1 unspecified atom stereocenters. The minimum absolute atomic E-state index is 0.00565. The van der Waals surface area contributed by atoms with Crippen molar-refractivity contribution < 1.29 is 9.53 Å². The minimum Gasteiger partial charge on any atom is -0.383 e. The first-order valence-electron chi connectivity index (χ1n) is 7.74. The zero-order valence-electron chi connectivity index (χ0n) is 14.2. The predicted molar refractivity (Wildman–Crippen MR) is 93.8 cm³/mol. The summed E-state index contributed by atoms with van der Waals surface area (Å²) in [5.41, 5.74) is 4.42. The number of carbonyl (C=O) groups excluding carboxylic acids is 1. The van der Waals surface area contributed by atoms with Gasteiger partial charge in [0.25, 0.3) is 0 Å². The Morgan fingerprint density at radius 3 is 2.65 bits per heavy atom. The number of rotatable bonds is 6. The third-order valence-electron chi connectivity index (χ3n) is 3.70. The third-order valence-corrected chi connectivity index (χ3v) is 3.70. The number of hydrogen-bond donors (Lipinski definition) is 1. The Morgan fingerprint density at radius 1 is 1.30 bits per heavy atom. The van der Waals surface area contributed by atoms with Crippen molar-refractivity contribution in [1.82, 2.24) is 9.88 Å². The number of para-hydroxylation sites is 1. The molecule has 0 aliphatic carbocycles. The average Bonchev–Trinajstić information content (AvgIpc) is 2.80. The van der Waals surface area contributed by atoms with Gasteiger partial charge < -0.3 is 14.6 Å². The highest BCUT2D eigenvalue weighted by Crippen LogP contribution is 2.21. The summed E-state index contributed by atoms with van der Waals surface area (Å²) >= 11 is 0. The smallest absolute Gasteiger partial charge is 0.244 e. The van der Waals surface area contributed by atoms with Gasteiger partial charge in [-0.3, -0.25) is 4.79 Å². The second kappa shape index (κ2) is 7.79. The van der Waals surface area contributed by atoms with Crippen LogP contribution in [0.1, 0.15) is 23.9 Å². The molecule has 0 saturated heterocycles. The van der Waals surface area contributed by atoms with Crippen LogP contribution >= 0.6 is 0 Å². The third kappa shape index (κ3) is 4.33. The molecular weight excluding hydrogens is 288 g/mol. The maximum absolute atomic E-state index is 11.9. The molecule has 0 fully saturated rings. The molecule has 1 heterocycles. The van der Waals surface area contributed by atoms with E-state index < -0.39 is 0 Å². The first-order valence-corrected chi connectivity index (χ1v) is 7.74. The molecule has 1 aromatic heterocycles. The van der Waals surface area contributed by atoms with Gasteiger partial charge in [-0.25, -0.2) is 0 Å². The van der Waals surface area contributed by atoms with Crippen LogP contribution in [0.25, 0.3) is 11.8 Å². The lowest BCUT2D eigenvalue weighted by atomic mass is 10.2. The predicted octanol–water partition coefficient (Wildman–Crippen LogP) is 3.26. The van der Waals surface area contributed by atoms with Gasteiger partial charge in [-0.05, 0) is 50.6 Å². The average molecular weight is 312 g/mol. The Kier molecular flexibility index (Phi) is 5.77. The molecule has 0 radical (unpaired) electrons. The summed E-state index contributed by atoms with van der Waals surface area (Å²) in [4.78, 5) is 11.9. The van der Waals surface area contributed by atoms with Gasteiger partial charge >= 0.3 is 0 Å². The Morgan fingerprint density at radius 2 is 2.00 bits per heavy atom. The lowest BCUT2D eigenvalue weighted by Gasteiger charge is -2.10. The monoisotopic (exact) mass is 312 g/mol. The van der Waals surface area contributed by atoms with Gasteiger partial charge in [-0.15, -0.1) is 0 Å². The fourth-order valence-electron chi connectivity index (χ4n) is 2.68. The Balaban J connectivity index is 2.16. The summed E-state index contributed by atoms with van der Waals surface area (Å²) in [6.45, 7) is 6.54. The van der Waals surface area contributed by atoms with E-state index in [1.54, 1.807) is 13.2 Å². The van der Waals surface area contributed by atoms with Gasteiger partial charge in [0.15, 0.2) is 0 Å². The molecule has 23 heavy (non-hydrogen) atoms. The maximum Gasteiger partial charge on any atom is 0.244 e. The van der Waals surface area contributed by atoms with E-state index in [0.29, 0.717) is 6.61 Å². The highest BCUT2D eigenvalue weighted by molar-refractivity contribution is 5.92. The second-order valence-electron chi connectivity index (χ2n) is 5.70. The number of nitrogens with one attached hydrogen (secondary N) is 1. The normalized spacial score (nSPS) is 12.5. The van der Waals surface area contributed by atoms with Crippen LogP contribution in [0, 0.1) is 13.8 Å². The number of carbonyl (C=O) groups is 1. The van der Waals surface area contributed by atoms with E-state index in [0.717, 1.165) is 22.6 Å². The van der Waals surface area contributed by atoms with E-state index in [9.17, 15) is 4.79 Å². The van der Waals surface area contributed by atoms with E-state index in [4.69, 9.17) is 4.74 Å². The molecule has 0 aliphatic heterocycles. The zero-order valence-corrected chi connectivity index (χ0v) is 14.2.